The quantitative estimate of drug-likeness (QED) is 0.823. The van der Waals surface area contributed by atoms with Crippen molar-refractivity contribution in [2.75, 3.05) is 13.7 Å². The van der Waals surface area contributed by atoms with Crippen LogP contribution in [0.25, 0.3) is 0 Å². The van der Waals surface area contributed by atoms with E-state index in [1.165, 1.54) is 4.90 Å². The molecule has 1 aromatic heterocycles. The molecule has 0 spiro atoms. The van der Waals surface area contributed by atoms with Crippen LogP contribution >= 0.6 is 0 Å². The Bertz CT molecular complexity index is 296. The van der Waals surface area contributed by atoms with Crippen LogP contribution in [0.4, 0.5) is 4.79 Å². The van der Waals surface area contributed by atoms with Gasteiger partial charge >= 0.3 is 6.09 Å². The smallest absolute Gasteiger partial charge is 0.409 e. The van der Waals surface area contributed by atoms with Gasteiger partial charge in [0.25, 0.3) is 0 Å². The Morgan fingerprint density at radius 1 is 1.67 bits per heavy atom. The highest BCUT2D eigenvalue weighted by Crippen LogP contribution is 2.02. The molecular formula is C10H17N3O2. The van der Waals surface area contributed by atoms with Gasteiger partial charge in [0.05, 0.1) is 19.3 Å². The number of ether oxygens (including phenoxy) is 1. The van der Waals surface area contributed by atoms with Crippen molar-refractivity contribution in [3.63, 3.8) is 0 Å². The Kier molecular flexibility index (Phi) is 4.15. The number of hydrogen-bond acceptors (Lipinski definition) is 3. The van der Waals surface area contributed by atoms with E-state index < -0.39 is 0 Å². The molecule has 0 saturated heterocycles. The van der Waals surface area contributed by atoms with E-state index in [0.29, 0.717) is 19.1 Å². The second kappa shape index (κ2) is 5.38. The van der Waals surface area contributed by atoms with Gasteiger partial charge in [-0.3, -0.25) is 5.10 Å². The average Bonchev–Trinajstić information content (AvgIpc) is 2.66. The van der Waals surface area contributed by atoms with E-state index in [2.05, 4.69) is 10.2 Å². The van der Waals surface area contributed by atoms with Crippen LogP contribution in [0.15, 0.2) is 12.4 Å². The Balaban J connectivity index is 2.33. The average molecular weight is 211 g/mol. The number of hydrogen-bond donors (Lipinski definition) is 1. The van der Waals surface area contributed by atoms with E-state index in [-0.39, 0.29) is 6.09 Å². The number of aromatic amines is 1. The first kappa shape index (κ1) is 11.6. The summed E-state index contributed by atoms with van der Waals surface area (Å²) in [5.74, 6) is 0.358. The molecule has 0 aromatic carbocycles. The molecule has 0 atom stereocenters. The minimum absolute atomic E-state index is 0.301. The molecule has 1 amide bonds. The molecule has 0 radical (unpaired) electrons. The number of nitrogens with zero attached hydrogens (tertiary/aromatic N) is 2. The monoisotopic (exact) mass is 211 g/mol. The van der Waals surface area contributed by atoms with Crippen molar-refractivity contribution in [1.29, 1.82) is 0 Å². The number of carbonyl (C=O) groups is 1. The summed E-state index contributed by atoms with van der Waals surface area (Å²) in [6, 6.07) is 0. The van der Waals surface area contributed by atoms with Crippen molar-refractivity contribution < 1.29 is 9.53 Å². The summed E-state index contributed by atoms with van der Waals surface area (Å²) < 4.78 is 5.07. The van der Waals surface area contributed by atoms with Crippen molar-refractivity contribution in [2.45, 2.75) is 20.4 Å². The zero-order valence-electron chi connectivity index (χ0n) is 9.36. The molecule has 0 aliphatic rings. The lowest BCUT2D eigenvalue weighted by atomic mass is 10.2. The normalized spacial score (nSPS) is 10.4. The molecule has 1 N–H and O–H groups in total. The topological polar surface area (TPSA) is 58.2 Å². The summed E-state index contributed by atoms with van der Waals surface area (Å²) in [7, 11) is 1.70. The molecule has 0 aliphatic carbocycles. The maximum Gasteiger partial charge on any atom is 0.409 e. The van der Waals surface area contributed by atoms with Crippen LogP contribution in [0.5, 0.6) is 0 Å². The van der Waals surface area contributed by atoms with Crippen molar-refractivity contribution >= 4 is 6.09 Å². The Labute approximate surface area is 89.4 Å². The third kappa shape index (κ3) is 4.01. The van der Waals surface area contributed by atoms with E-state index >= 15 is 0 Å². The Hall–Kier alpha value is -1.52. The van der Waals surface area contributed by atoms with Gasteiger partial charge in [-0.1, -0.05) is 13.8 Å². The van der Waals surface area contributed by atoms with Gasteiger partial charge in [-0.05, 0) is 5.92 Å². The van der Waals surface area contributed by atoms with Gasteiger partial charge in [0.2, 0.25) is 0 Å². The SMILES string of the molecule is CC(C)COC(=O)N(C)Cc1cn[nH]c1. The molecule has 0 bridgehead atoms. The fourth-order valence-corrected chi connectivity index (χ4v) is 1.05. The lowest BCUT2D eigenvalue weighted by Gasteiger charge is -2.16. The highest BCUT2D eigenvalue weighted by atomic mass is 16.6. The molecule has 15 heavy (non-hydrogen) atoms. The first-order valence-electron chi connectivity index (χ1n) is 4.95. The van der Waals surface area contributed by atoms with Crippen molar-refractivity contribution in [2.24, 2.45) is 5.92 Å². The predicted molar refractivity (Wildman–Crippen MR) is 56.2 cm³/mol. The second-order valence-corrected chi connectivity index (χ2v) is 3.93. The first-order valence-corrected chi connectivity index (χ1v) is 4.95. The van der Waals surface area contributed by atoms with E-state index in [0.717, 1.165) is 5.56 Å². The molecule has 0 saturated carbocycles. The summed E-state index contributed by atoms with van der Waals surface area (Å²) in [5.41, 5.74) is 0.957. The Morgan fingerprint density at radius 3 is 2.93 bits per heavy atom. The molecule has 5 heteroatoms. The molecule has 84 valence electrons. The van der Waals surface area contributed by atoms with Crippen LogP contribution in [-0.4, -0.2) is 34.8 Å². The lowest BCUT2D eigenvalue weighted by Crippen LogP contribution is -2.27. The summed E-state index contributed by atoms with van der Waals surface area (Å²) in [5, 5.41) is 6.50. The molecule has 0 fully saturated rings. The van der Waals surface area contributed by atoms with Gasteiger partial charge in [-0.2, -0.15) is 5.10 Å². The molecular weight excluding hydrogens is 194 g/mol. The zero-order valence-corrected chi connectivity index (χ0v) is 9.36. The molecule has 0 aliphatic heterocycles. The summed E-state index contributed by atoms with van der Waals surface area (Å²) >= 11 is 0. The third-order valence-corrected chi connectivity index (χ3v) is 1.83. The number of rotatable bonds is 4. The predicted octanol–water partition coefficient (Wildman–Crippen LogP) is 1.63. The van der Waals surface area contributed by atoms with Crippen LogP contribution in [0, 0.1) is 5.92 Å². The highest BCUT2D eigenvalue weighted by molar-refractivity contribution is 5.67. The number of aromatic nitrogens is 2. The highest BCUT2D eigenvalue weighted by Gasteiger charge is 2.11. The number of nitrogens with one attached hydrogen (secondary N) is 1. The van der Waals surface area contributed by atoms with Gasteiger partial charge in [0, 0.05) is 18.8 Å². The number of H-pyrrole nitrogens is 1. The van der Waals surface area contributed by atoms with Gasteiger partial charge in [0.1, 0.15) is 0 Å². The van der Waals surface area contributed by atoms with E-state index in [9.17, 15) is 4.79 Å². The molecule has 1 aromatic rings. The summed E-state index contributed by atoms with van der Waals surface area (Å²) in [6.07, 6.45) is 3.14. The van der Waals surface area contributed by atoms with Crippen molar-refractivity contribution in [1.82, 2.24) is 15.1 Å². The second-order valence-electron chi connectivity index (χ2n) is 3.93. The van der Waals surface area contributed by atoms with Crippen molar-refractivity contribution in [3.05, 3.63) is 18.0 Å². The maximum absolute atomic E-state index is 11.4. The molecule has 5 nitrogen and oxygen atoms in total. The zero-order chi connectivity index (χ0) is 11.3. The Morgan fingerprint density at radius 2 is 2.40 bits per heavy atom. The maximum atomic E-state index is 11.4. The number of carbonyl (C=O) groups excluding carboxylic acids is 1. The summed E-state index contributed by atoms with van der Waals surface area (Å²) in [4.78, 5) is 13.0. The van der Waals surface area contributed by atoms with Crippen LogP contribution in [0.3, 0.4) is 0 Å². The van der Waals surface area contributed by atoms with Gasteiger partial charge in [0.15, 0.2) is 0 Å². The standard InChI is InChI=1S/C10H17N3O2/c1-8(2)7-15-10(14)13(3)6-9-4-11-12-5-9/h4-5,8H,6-7H2,1-3H3,(H,11,12). The van der Waals surface area contributed by atoms with Crippen molar-refractivity contribution in [3.8, 4) is 0 Å². The fourth-order valence-electron chi connectivity index (χ4n) is 1.05. The molecule has 1 rings (SSSR count). The first-order chi connectivity index (χ1) is 7.09. The lowest BCUT2D eigenvalue weighted by molar-refractivity contribution is 0.0980. The largest absolute Gasteiger partial charge is 0.449 e. The van der Waals surface area contributed by atoms with Crippen LogP contribution in [0.1, 0.15) is 19.4 Å². The van der Waals surface area contributed by atoms with E-state index in [4.69, 9.17) is 4.74 Å². The number of amides is 1. The minimum Gasteiger partial charge on any atom is -0.449 e. The van der Waals surface area contributed by atoms with Crippen LogP contribution in [-0.2, 0) is 11.3 Å². The van der Waals surface area contributed by atoms with Crippen LogP contribution < -0.4 is 0 Å². The molecule has 1 heterocycles. The fraction of sp³-hybridized carbons (Fsp3) is 0.600. The van der Waals surface area contributed by atoms with Gasteiger partial charge in [-0.15, -0.1) is 0 Å². The van der Waals surface area contributed by atoms with Crippen LogP contribution in [0.2, 0.25) is 0 Å². The van der Waals surface area contributed by atoms with Gasteiger partial charge in [-0.25, -0.2) is 4.79 Å². The van der Waals surface area contributed by atoms with E-state index in [1.54, 1.807) is 19.4 Å². The van der Waals surface area contributed by atoms with Gasteiger partial charge < -0.3 is 9.64 Å². The summed E-state index contributed by atoms with van der Waals surface area (Å²) in [6.45, 7) is 4.97. The van der Waals surface area contributed by atoms with E-state index in [1.807, 2.05) is 13.8 Å². The minimum atomic E-state index is -0.301. The third-order valence-electron chi connectivity index (χ3n) is 1.83. The molecule has 0 unspecified atom stereocenters.